The van der Waals surface area contributed by atoms with E-state index in [1.54, 1.807) is 0 Å². The van der Waals surface area contributed by atoms with E-state index in [9.17, 15) is 0 Å². The Bertz CT molecular complexity index is 380. The van der Waals surface area contributed by atoms with E-state index < -0.39 is 0 Å². The molecule has 0 aliphatic carbocycles. The van der Waals surface area contributed by atoms with Crippen molar-refractivity contribution < 1.29 is 0 Å². The van der Waals surface area contributed by atoms with Crippen LogP contribution in [0.25, 0.3) is 0 Å². The Morgan fingerprint density at radius 2 is 1.82 bits per heavy atom. The summed E-state index contributed by atoms with van der Waals surface area (Å²) < 4.78 is 0. The highest BCUT2D eigenvalue weighted by atomic mass is 35.5. The first kappa shape index (κ1) is 14.3. The van der Waals surface area contributed by atoms with Crippen LogP contribution in [0.5, 0.6) is 0 Å². The van der Waals surface area contributed by atoms with E-state index >= 15 is 0 Å². The smallest absolute Gasteiger partial charge is 0.0410 e. The fraction of sp³-hybridized carbons (Fsp3) is 0.571. The lowest BCUT2D eigenvalue weighted by Gasteiger charge is -2.33. The second kappa shape index (κ2) is 5.28. The van der Waals surface area contributed by atoms with Crippen LogP contribution in [0.1, 0.15) is 32.4 Å². The van der Waals surface area contributed by atoms with Crippen LogP contribution in [0, 0.1) is 5.41 Å². The molecule has 2 nitrogen and oxygen atoms in total. The third-order valence-corrected chi connectivity index (χ3v) is 3.17. The molecule has 0 fully saturated rings. The van der Waals surface area contributed by atoms with Gasteiger partial charge in [-0.3, -0.25) is 0 Å². The zero-order valence-corrected chi connectivity index (χ0v) is 12.4. The standard InChI is InChI=1S/C14H23ClN2/c1-14(2,3)13(16-4)11-9-10(15)7-8-12(11)17(5)6/h7-9,13,16H,1-6H3/t13-/m1/s1. The van der Waals surface area contributed by atoms with Crippen LogP contribution in [0.15, 0.2) is 18.2 Å². The van der Waals surface area contributed by atoms with Gasteiger partial charge in [-0.1, -0.05) is 32.4 Å². The molecule has 0 heterocycles. The second-order valence-corrected chi connectivity index (χ2v) is 6.12. The quantitative estimate of drug-likeness (QED) is 0.885. The summed E-state index contributed by atoms with van der Waals surface area (Å²) in [7, 11) is 6.11. The molecular formula is C14H23ClN2. The van der Waals surface area contributed by atoms with Crippen molar-refractivity contribution in [1.29, 1.82) is 0 Å². The second-order valence-electron chi connectivity index (χ2n) is 5.69. The van der Waals surface area contributed by atoms with Crippen LogP contribution in [0.4, 0.5) is 5.69 Å². The minimum Gasteiger partial charge on any atom is -0.377 e. The monoisotopic (exact) mass is 254 g/mol. The van der Waals surface area contributed by atoms with Crippen molar-refractivity contribution >= 4 is 17.3 Å². The molecule has 96 valence electrons. The zero-order chi connectivity index (χ0) is 13.2. The first-order valence-corrected chi connectivity index (χ1v) is 6.29. The fourth-order valence-corrected chi connectivity index (χ4v) is 2.40. The van der Waals surface area contributed by atoms with Crippen molar-refractivity contribution in [1.82, 2.24) is 5.32 Å². The summed E-state index contributed by atoms with van der Waals surface area (Å²) in [5, 5.41) is 4.18. The van der Waals surface area contributed by atoms with Gasteiger partial charge in [0.1, 0.15) is 0 Å². The lowest BCUT2D eigenvalue weighted by Crippen LogP contribution is -2.31. The van der Waals surface area contributed by atoms with Gasteiger partial charge in [0.25, 0.3) is 0 Å². The summed E-state index contributed by atoms with van der Waals surface area (Å²) in [5.41, 5.74) is 2.60. The van der Waals surface area contributed by atoms with Gasteiger partial charge >= 0.3 is 0 Å². The van der Waals surface area contributed by atoms with E-state index in [1.165, 1.54) is 11.3 Å². The molecule has 0 amide bonds. The fourth-order valence-electron chi connectivity index (χ4n) is 2.22. The number of nitrogens with one attached hydrogen (secondary N) is 1. The summed E-state index contributed by atoms with van der Waals surface area (Å²) in [6.07, 6.45) is 0. The van der Waals surface area contributed by atoms with Gasteiger partial charge in [-0.05, 0) is 36.2 Å². The number of benzene rings is 1. The highest BCUT2D eigenvalue weighted by molar-refractivity contribution is 6.30. The van der Waals surface area contributed by atoms with E-state index in [1.807, 2.05) is 13.1 Å². The van der Waals surface area contributed by atoms with Crippen LogP contribution < -0.4 is 10.2 Å². The molecule has 1 aromatic rings. The minimum atomic E-state index is 0.143. The van der Waals surface area contributed by atoms with E-state index in [0.717, 1.165) is 5.02 Å². The molecule has 17 heavy (non-hydrogen) atoms. The van der Waals surface area contributed by atoms with Gasteiger partial charge in [0, 0.05) is 30.8 Å². The van der Waals surface area contributed by atoms with Crippen molar-refractivity contribution in [3.05, 3.63) is 28.8 Å². The molecule has 0 unspecified atom stereocenters. The number of hydrogen-bond acceptors (Lipinski definition) is 2. The molecule has 0 saturated heterocycles. The van der Waals surface area contributed by atoms with Crippen molar-refractivity contribution in [2.24, 2.45) is 5.41 Å². The van der Waals surface area contributed by atoms with Crippen molar-refractivity contribution in [3.8, 4) is 0 Å². The zero-order valence-electron chi connectivity index (χ0n) is 11.6. The van der Waals surface area contributed by atoms with Gasteiger partial charge in [0.15, 0.2) is 0 Å². The predicted molar refractivity (Wildman–Crippen MR) is 77.0 cm³/mol. The Morgan fingerprint density at radius 1 is 1.24 bits per heavy atom. The van der Waals surface area contributed by atoms with Crippen LogP contribution in [0.2, 0.25) is 5.02 Å². The Morgan fingerprint density at radius 3 is 2.24 bits per heavy atom. The average molecular weight is 255 g/mol. The lowest BCUT2D eigenvalue weighted by atomic mass is 9.81. The van der Waals surface area contributed by atoms with E-state index in [-0.39, 0.29) is 11.5 Å². The summed E-state index contributed by atoms with van der Waals surface area (Å²) in [5.74, 6) is 0. The van der Waals surface area contributed by atoms with Gasteiger partial charge in [-0.25, -0.2) is 0 Å². The third-order valence-electron chi connectivity index (χ3n) is 2.94. The lowest BCUT2D eigenvalue weighted by molar-refractivity contribution is 0.287. The topological polar surface area (TPSA) is 15.3 Å². The molecule has 1 aromatic carbocycles. The van der Waals surface area contributed by atoms with Gasteiger partial charge < -0.3 is 10.2 Å². The van der Waals surface area contributed by atoms with Crippen LogP contribution >= 0.6 is 11.6 Å². The largest absolute Gasteiger partial charge is 0.377 e. The molecule has 0 saturated carbocycles. The molecular weight excluding hydrogens is 232 g/mol. The molecule has 1 atom stereocenters. The number of anilines is 1. The summed E-state index contributed by atoms with van der Waals surface area (Å²) in [4.78, 5) is 2.13. The van der Waals surface area contributed by atoms with Crippen molar-refractivity contribution in [2.45, 2.75) is 26.8 Å². The number of nitrogens with zero attached hydrogens (tertiary/aromatic N) is 1. The van der Waals surface area contributed by atoms with Crippen molar-refractivity contribution in [3.63, 3.8) is 0 Å². The van der Waals surface area contributed by atoms with Crippen molar-refractivity contribution in [2.75, 3.05) is 26.0 Å². The summed E-state index contributed by atoms with van der Waals surface area (Å²) >= 11 is 6.13. The normalized spacial score (nSPS) is 13.6. The molecule has 0 aromatic heterocycles. The maximum absolute atomic E-state index is 6.13. The van der Waals surface area contributed by atoms with Crippen LogP contribution in [0.3, 0.4) is 0 Å². The summed E-state index contributed by atoms with van der Waals surface area (Å²) in [6, 6.07) is 6.35. The van der Waals surface area contributed by atoms with E-state index in [0.29, 0.717) is 0 Å². The number of hydrogen-bond donors (Lipinski definition) is 1. The molecule has 0 aliphatic heterocycles. The Balaban J connectivity index is 3.31. The molecule has 0 spiro atoms. The number of halogens is 1. The first-order chi connectivity index (χ1) is 7.77. The maximum atomic E-state index is 6.13. The molecule has 0 aliphatic rings. The van der Waals surface area contributed by atoms with E-state index in [4.69, 9.17) is 11.6 Å². The Kier molecular flexibility index (Phi) is 4.45. The highest BCUT2D eigenvalue weighted by Gasteiger charge is 2.27. The summed E-state index contributed by atoms with van der Waals surface area (Å²) in [6.45, 7) is 6.69. The maximum Gasteiger partial charge on any atom is 0.0410 e. The van der Waals surface area contributed by atoms with Gasteiger partial charge in [0.2, 0.25) is 0 Å². The van der Waals surface area contributed by atoms with Gasteiger partial charge in [0.05, 0.1) is 0 Å². The van der Waals surface area contributed by atoms with E-state index in [2.05, 4.69) is 57.2 Å². The molecule has 0 bridgehead atoms. The predicted octanol–water partition coefficient (Wildman–Crippen LogP) is 3.71. The average Bonchev–Trinajstić information content (AvgIpc) is 2.15. The van der Waals surface area contributed by atoms with Crippen LogP contribution in [-0.2, 0) is 0 Å². The number of rotatable bonds is 3. The Labute approximate surface area is 110 Å². The highest BCUT2D eigenvalue weighted by Crippen LogP contribution is 2.38. The van der Waals surface area contributed by atoms with Gasteiger partial charge in [-0.15, -0.1) is 0 Å². The molecule has 1 N–H and O–H groups in total. The minimum absolute atomic E-state index is 0.143. The molecule has 3 heteroatoms. The third kappa shape index (κ3) is 3.36. The first-order valence-electron chi connectivity index (χ1n) is 5.91. The molecule has 1 rings (SSSR count). The Hall–Kier alpha value is -0.730. The van der Waals surface area contributed by atoms with Gasteiger partial charge in [-0.2, -0.15) is 0 Å². The van der Waals surface area contributed by atoms with Crippen LogP contribution in [-0.4, -0.2) is 21.1 Å². The molecule has 0 radical (unpaired) electrons. The SMILES string of the molecule is CN[C@H](c1cc(Cl)ccc1N(C)C)C(C)(C)C.